The van der Waals surface area contributed by atoms with E-state index in [-0.39, 0.29) is 5.69 Å². The molecule has 0 aliphatic rings. The van der Waals surface area contributed by atoms with Crippen molar-refractivity contribution in [1.82, 2.24) is 14.6 Å². The van der Waals surface area contributed by atoms with E-state index in [1.54, 1.807) is 19.9 Å². The number of hydrogen-bond acceptors (Lipinski definition) is 8. The fourth-order valence-electron chi connectivity index (χ4n) is 2.42. The number of benzene rings is 1. The Morgan fingerprint density at radius 3 is 2.56 bits per heavy atom. The van der Waals surface area contributed by atoms with Crippen molar-refractivity contribution in [1.29, 1.82) is 0 Å². The summed E-state index contributed by atoms with van der Waals surface area (Å²) in [7, 11) is -4.55. The summed E-state index contributed by atoms with van der Waals surface area (Å²) in [5, 5.41) is 21.4. The first-order chi connectivity index (χ1) is 12.6. The largest absolute Gasteiger partial charge is 0.478 e. The number of aromatic nitrogens is 3. The van der Waals surface area contributed by atoms with Crippen molar-refractivity contribution >= 4 is 38.9 Å². The van der Waals surface area contributed by atoms with Gasteiger partial charge in [-0.2, -0.15) is 18.0 Å². The lowest BCUT2D eigenvalue weighted by atomic mass is 10.2. The van der Waals surface area contributed by atoms with E-state index >= 15 is 0 Å². The molecule has 0 atom stereocenters. The van der Waals surface area contributed by atoms with Crippen LogP contribution in [-0.4, -0.2) is 38.6 Å². The molecule has 27 heavy (non-hydrogen) atoms. The summed E-state index contributed by atoms with van der Waals surface area (Å²) in [5.74, 6) is -1.07. The Morgan fingerprint density at radius 1 is 1.22 bits per heavy atom. The number of rotatable bonds is 4. The monoisotopic (exact) mass is 390 g/mol. The second-order valence-electron chi connectivity index (χ2n) is 5.65. The summed E-state index contributed by atoms with van der Waals surface area (Å²) in [6, 6.07) is 4.59. The van der Waals surface area contributed by atoms with Crippen LogP contribution in [0.3, 0.4) is 0 Å². The van der Waals surface area contributed by atoms with Crippen molar-refractivity contribution in [2.75, 3.05) is 5.73 Å². The van der Waals surface area contributed by atoms with Gasteiger partial charge < -0.3 is 10.8 Å². The second kappa shape index (κ2) is 6.41. The molecule has 140 valence electrons. The molecule has 0 saturated heterocycles. The summed E-state index contributed by atoms with van der Waals surface area (Å²) in [5.41, 5.74) is 7.10. The Morgan fingerprint density at radius 2 is 1.93 bits per heavy atom. The highest BCUT2D eigenvalue weighted by atomic mass is 32.2. The Bertz CT molecular complexity index is 1220. The van der Waals surface area contributed by atoms with Crippen LogP contribution in [0.2, 0.25) is 0 Å². The molecule has 3 aromatic rings. The fraction of sp³-hybridized carbons (Fsp3) is 0.133. The Kier molecular flexibility index (Phi) is 4.37. The van der Waals surface area contributed by atoms with Crippen molar-refractivity contribution < 1.29 is 22.9 Å². The second-order valence-corrected chi connectivity index (χ2v) is 7.07. The van der Waals surface area contributed by atoms with Crippen LogP contribution in [0.4, 0.5) is 17.2 Å². The minimum Gasteiger partial charge on any atom is -0.478 e. The van der Waals surface area contributed by atoms with Crippen LogP contribution in [0, 0.1) is 13.8 Å². The van der Waals surface area contributed by atoms with Crippen molar-refractivity contribution in [2.45, 2.75) is 18.7 Å². The van der Waals surface area contributed by atoms with Gasteiger partial charge >= 0.3 is 5.97 Å². The molecule has 3 rings (SSSR count). The average Bonchev–Trinajstić information content (AvgIpc) is 2.87. The number of carbonyl (C=O) groups is 1. The molecule has 0 radical (unpaired) electrons. The summed E-state index contributed by atoms with van der Waals surface area (Å²) in [6.45, 7) is 3.41. The van der Waals surface area contributed by atoms with E-state index < -0.39 is 26.5 Å². The highest BCUT2D eigenvalue weighted by Crippen LogP contribution is 2.29. The van der Waals surface area contributed by atoms with Gasteiger partial charge in [0.1, 0.15) is 11.5 Å². The highest BCUT2D eigenvalue weighted by Gasteiger charge is 2.18. The topological polar surface area (TPSA) is 173 Å². The van der Waals surface area contributed by atoms with Crippen LogP contribution < -0.4 is 5.73 Å². The lowest BCUT2D eigenvalue weighted by Crippen LogP contribution is -2.02. The van der Waals surface area contributed by atoms with Gasteiger partial charge in [0.25, 0.3) is 10.1 Å². The smallest absolute Gasteiger partial charge is 0.338 e. The maximum atomic E-state index is 11.4. The molecule has 0 spiro atoms. The van der Waals surface area contributed by atoms with Crippen LogP contribution in [0.1, 0.15) is 21.7 Å². The van der Waals surface area contributed by atoms with Gasteiger partial charge in [-0.1, -0.05) is 0 Å². The summed E-state index contributed by atoms with van der Waals surface area (Å²) in [4.78, 5) is 15.2. The van der Waals surface area contributed by atoms with E-state index in [4.69, 9.17) is 10.3 Å². The van der Waals surface area contributed by atoms with Crippen molar-refractivity contribution in [3.05, 3.63) is 41.2 Å². The van der Waals surface area contributed by atoms with E-state index in [0.717, 1.165) is 18.2 Å². The summed E-state index contributed by atoms with van der Waals surface area (Å²) < 4.78 is 32.8. The Labute approximate surface area is 152 Å². The van der Waals surface area contributed by atoms with Crippen molar-refractivity contribution in [3.63, 3.8) is 0 Å². The van der Waals surface area contributed by atoms with Crippen LogP contribution in [0.15, 0.2) is 39.4 Å². The van der Waals surface area contributed by atoms with Crippen LogP contribution in [0.25, 0.3) is 5.65 Å². The minimum atomic E-state index is -4.55. The number of nitrogens with zero attached hydrogens (tertiary/aromatic N) is 5. The standard InChI is InChI=1S/C15H14N6O5S/c1-7-5-12(16)21-14(17-7)13(8(2)20-21)19-18-11-4-3-9(27(24,25)26)6-10(11)15(22)23/h3-6H,16H2,1-2H3,(H,22,23)(H,24,25,26). The normalized spacial score (nSPS) is 12.1. The molecule has 0 saturated carbocycles. The van der Waals surface area contributed by atoms with E-state index in [9.17, 15) is 18.3 Å². The lowest BCUT2D eigenvalue weighted by Gasteiger charge is -2.03. The minimum absolute atomic E-state index is 0.103. The number of nitrogens with two attached hydrogens (primary N) is 1. The Balaban J connectivity index is 2.13. The molecular formula is C15H14N6O5S. The first-order valence-corrected chi connectivity index (χ1v) is 8.91. The number of carboxylic acid groups (broad SMARTS) is 1. The van der Waals surface area contributed by atoms with E-state index in [0.29, 0.717) is 28.5 Å². The van der Waals surface area contributed by atoms with Gasteiger partial charge in [-0.3, -0.25) is 4.55 Å². The number of azo groups is 1. The number of aryl methyl sites for hydroxylation is 2. The fourth-order valence-corrected chi connectivity index (χ4v) is 2.92. The molecule has 1 aromatic carbocycles. The average molecular weight is 390 g/mol. The highest BCUT2D eigenvalue weighted by molar-refractivity contribution is 7.85. The van der Waals surface area contributed by atoms with E-state index in [2.05, 4.69) is 20.3 Å². The number of nitrogen functional groups attached to an aromatic ring is 1. The quantitative estimate of drug-likeness (QED) is 0.449. The first-order valence-electron chi connectivity index (χ1n) is 7.47. The Hall–Kier alpha value is -3.38. The number of hydrogen-bond donors (Lipinski definition) is 3. The molecule has 0 aliphatic heterocycles. The molecule has 11 nitrogen and oxygen atoms in total. The van der Waals surface area contributed by atoms with Crippen molar-refractivity contribution in [2.24, 2.45) is 10.2 Å². The lowest BCUT2D eigenvalue weighted by molar-refractivity contribution is 0.0697. The van der Waals surface area contributed by atoms with Crippen molar-refractivity contribution in [3.8, 4) is 0 Å². The van der Waals surface area contributed by atoms with Crippen LogP contribution in [-0.2, 0) is 10.1 Å². The van der Waals surface area contributed by atoms with E-state index in [1.165, 1.54) is 4.52 Å². The predicted octanol–water partition coefficient (Wildman–Crippen LogP) is 2.29. The van der Waals surface area contributed by atoms with Crippen LogP contribution >= 0.6 is 0 Å². The van der Waals surface area contributed by atoms with Gasteiger partial charge in [-0.15, -0.1) is 10.2 Å². The number of anilines is 1. The first kappa shape index (κ1) is 18.4. The third kappa shape index (κ3) is 3.47. The van der Waals surface area contributed by atoms with Gasteiger partial charge in [-0.25, -0.2) is 9.78 Å². The third-order valence-corrected chi connectivity index (χ3v) is 4.49. The zero-order valence-corrected chi connectivity index (χ0v) is 15.0. The molecule has 0 aliphatic carbocycles. The van der Waals surface area contributed by atoms with E-state index in [1.807, 2.05) is 0 Å². The SMILES string of the molecule is Cc1cc(N)n2nc(C)c(N=Nc3ccc(S(=O)(=O)O)cc3C(=O)O)c2n1. The molecule has 2 aromatic heterocycles. The zero-order chi connectivity index (χ0) is 19.9. The molecule has 2 heterocycles. The van der Waals surface area contributed by atoms with Gasteiger partial charge in [-0.05, 0) is 32.0 Å². The van der Waals surface area contributed by atoms with Gasteiger partial charge in [0.05, 0.1) is 16.2 Å². The molecule has 0 bridgehead atoms. The molecule has 0 unspecified atom stereocenters. The number of fused-ring (bicyclic) bond motifs is 1. The van der Waals surface area contributed by atoms with Crippen LogP contribution in [0.5, 0.6) is 0 Å². The maximum Gasteiger partial charge on any atom is 0.338 e. The van der Waals surface area contributed by atoms with Gasteiger partial charge in [0, 0.05) is 11.8 Å². The number of aromatic carboxylic acids is 1. The van der Waals surface area contributed by atoms with Gasteiger partial charge in [0.15, 0.2) is 11.3 Å². The molecule has 4 N–H and O–H groups in total. The zero-order valence-electron chi connectivity index (χ0n) is 14.2. The molecule has 0 fully saturated rings. The van der Waals surface area contributed by atoms with Gasteiger partial charge in [0.2, 0.25) is 0 Å². The summed E-state index contributed by atoms with van der Waals surface area (Å²) in [6.07, 6.45) is 0. The molecule has 0 amide bonds. The number of carboxylic acids is 1. The molecule has 12 heteroatoms. The predicted molar refractivity (Wildman–Crippen MR) is 94.3 cm³/mol. The molecular weight excluding hydrogens is 376 g/mol. The third-order valence-electron chi connectivity index (χ3n) is 3.64. The maximum absolute atomic E-state index is 11.4. The summed E-state index contributed by atoms with van der Waals surface area (Å²) >= 11 is 0.